The van der Waals surface area contributed by atoms with Gasteiger partial charge in [-0.1, -0.05) is 18.2 Å². The monoisotopic (exact) mass is 287 g/mol. The highest BCUT2D eigenvalue weighted by Crippen LogP contribution is 2.33. The summed E-state index contributed by atoms with van der Waals surface area (Å²) in [5, 5.41) is 23.2. The number of rotatable bonds is 5. The van der Waals surface area contributed by atoms with E-state index in [1.807, 2.05) is 38.1 Å². The Labute approximate surface area is 125 Å². The second-order valence-corrected chi connectivity index (χ2v) is 5.10. The Balaban J connectivity index is 2.16. The first-order valence-electron chi connectivity index (χ1n) is 6.93. The highest BCUT2D eigenvalue weighted by atomic mass is 16.5. The van der Waals surface area contributed by atoms with Gasteiger partial charge in [-0.25, -0.2) is 0 Å². The third-order valence-electron chi connectivity index (χ3n) is 3.59. The molecule has 0 aliphatic carbocycles. The van der Waals surface area contributed by atoms with Gasteiger partial charge in [-0.15, -0.1) is 0 Å². The van der Waals surface area contributed by atoms with Crippen molar-refractivity contribution in [3.05, 3.63) is 53.6 Å². The molecule has 0 saturated carbocycles. The average molecular weight is 287 g/mol. The van der Waals surface area contributed by atoms with Gasteiger partial charge < -0.3 is 20.3 Å². The van der Waals surface area contributed by atoms with E-state index in [0.29, 0.717) is 5.56 Å². The Morgan fingerprint density at radius 3 is 2.19 bits per heavy atom. The average Bonchev–Trinajstić information content (AvgIpc) is 2.47. The van der Waals surface area contributed by atoms with Crippen LogP contribution in [0.5, 0.6) is 17.2 Å². The van der Waals surface area contributed by atoms with Crippen molar-refractivity contribution in [1.29, 1.82) is 0 Å². The van der Waals surface area contributed by atoms with E-state index in [4.69, 9.17) is 4.74 Å². The Hall–Kier alpha value is -2.20. The van der Waals surface area contributed by atoms with Crippen LogP contribution in [-0.4, -0.2) is 17.3 Å². The molecule has 2 atom stereocenters. The fourth-order valence-electron chi connectivity index (χ4n) is 2.45. The molecule has 2 aromatic carbocycles. The molecule has 0 aliphatic heterocycles. The van der Waals surface area contributed by atoms with Gasteiger partial charge in [0.15, 0.2) is 0 Å². The molecule has 0 radical (unpaired) electrons. The largest absolute Gasteiger partial charge is 0.507 e. The SMILES string of the molecule is COc1cccc([C@@H](C)NC(C)c2c(O)cccc2O)c1. The van der Waals surface area contributed by atoms with Crippen molar-refractivity contribution in [2.75, 3.05) is 7.11 Å². The van der Waals surface area contributed by atoms with E-state index < -0.39 is 0 Å². The van der Waals surface area contributed by atoms with E-state index in [9.17, 15) is 10.2 Å². The molecule has 0 aromatic heterocycles. The third kappa shape index (κ3) is 3.47. The zero-order valence-electron chi connectivity index (χ0n) is 12.5. The zero-order chi connectivity index (χ0) is 15.4. The van der Waals surface area contributed by atoms with E-state index in [2.05, 4.69) is 5.32 Å². The van der Waals surface area contributed by atoms with E-state index in [0.717, 1.165) is 11.3 Å². The second-order valence-electron chi connectivity index (χ2n) is 5.10. The predicted octanol–water partition coefficient (Wildman–Crippen LogP) is 3.52. The quantitative estimate of drug-likeness (QED) is 0.787. The molecule has 0 aliphatic rings. The smallest absolute Gasteiger partial charge is 0.124 e. The molecule has 2 aromatic rings. The van der Waals surface area contributed by atoms with Gasteiger partial charge in [0.25, 0.3) is 0 Å². The van der Waals surface area contributed by atoms with Crippen LogP contribution in [-0.2, 0) is 0 Å². The number of ether oxygens (including phenoxy) is 1. The number of hydrogen-bond acceptors (Lipinski definition) is 4. The minimum atomic E-state index is -0.188. The molecule has 1 unspecified atom stereocenters. The van der Waals surface area contributed by atoms with Gasteiger partial charge in [-0.05, 0) is 43.7 Å². The molecule has 0 saturated heterocycles. The lowest BCUT2D eigenvalue weighted by Crippen LogP contribution is -2.22. The van der Waals surface area contributed by atoms with Crippen molar-refractivity contribution in [2.45, 2.75) is 25.9 Å². The summed E-state index contributed by atoms with van der Waals surface area (Å²) in [4.78, 5) is 0. The van der Waals surface area contributed by atoms with E-state index in [-0.39, 0.29) is 23.6 Å². The second kappa shape index (κ2) is 6.50. The summed E-state index contributed by atoms with van der Waals surface area (Å²) in [6.07, 6.45) is 0. The minimum absolute atomic E-state index is 0.0501. The van der Waals surface area contributed by atoms with Crippen LogP contribution in [0, 0.1) is 0 Å². The van der Waals surface area contributed by atoms with Crippen molar-refractivity contribution in [2.24, 2.45) is 0 Å². The van der Waals surface area contributed by atoms with Gasteiger partial charge in [0.2, 0.25) is 0 Å². The topological polar surface area (TPSA) is 61.7 Å². The Morgan fingerprint density at radius 2 is 1.57 bits per heavy atom. The summed E-state index contributed by atoms with van der Waals surface area (Å²) >= 11 is 0. The van der Waals surface area contributed by atoms with Crippen molar-refractivity contribution in [3.8, 4) is 17.2 Å². The van der Waals surface area contributed by atoms with Crippen LogP contribution in [0.15, 0.2) is 42.5 Å². The zero-order valence-corrected chi connectivity index (χ0v) is 12.5. The highest BCUT2D eigenvalue weighted by Gasteiger charge is 2.17. The lowest BCUT2D eigenvalue weighted by atomic mass is 10.0. The summed E-state index contributed by atoms with van der Waals surface area (Å²) in [6.45, 7) is 3.94. The Morgan fingerprint density at radius 1 is 0.952 bits per heavy atom. The first-order chi connectivity index (χ1) is 10.0. The molecule has 4 heteroatoms. The van der Waals surface area contributed by atoms with Crippen molar-refractivity contribution in [3.63, 3.8) is 0 Å². The number of phenols is 2. The maximum atomic E-state index is 9.91. The van der Waals surface area contributed by atoms with Gasteiger partial charge in [0.05, 0.1) is 12.7 Å². The van der Waals surface area contributed by atoms with Crippen molar-refractivity contribution >= 4 is 0 Å². The van der Waals surface area contributed by atoms with Crippen LogP contribution in [0.3, 0.4) is 0 Å². The Bertz CT molecular complexity index is 592. The molecule has 0 bridgehead atoms. The molecule has 0 spiro atoms. The van der Waals surface area contributed by atoms with Crippen LogP contribution in [0.4, 0.5) is 0 Å². The molecular formula is C17H21NO3. The number of phenolic OH excluding ortho intramolecular Hbond substituents is 2. The summed E-state index contributed by atoms with van der Waals surface area (Å²) < 4.78 is 5.23. The summed E-state index contributed by atoms with van der Waals surface area (Å²) in [5.41, 5.74) is 1.59. The van der Waals surface area contributed by atoms with E-state index >= 15 is 0 Å². The fraction of sp³-hybridized carbons (Fsp3) is 0.294. The molecule has 0 heterocycles. The van der Waals surface area contributed by atoms with Gasteiger partial charge >= 0.3 is 0 Å². The molecule has 21 heavy (non-hydrogen) atoms. The standard InChI is InChI=1S/C17H21NO3/c1-11(13-6-4-7-14(10-13)21-3)18-12(2)17-15(19)8-5-9-16(17)20/h4-12,18-20H,1-3H3/t11-,12?/m1/s1. The Kier molecular flexibility index (Phi) is 4.70. The van der Waals surface area contributed by atoms with E-state index in [1.165, 1.54) is 0 Å². The number of aromatic hydroxyl groups is 2. The lowest BCUT2D eigenvalue weighted by Gasteiger charge is -2.22. The van der Waals surface area contributed by atoms with Crippen molar-refractivity contribution < 1.29 is 14.9 Å². The van der Waals surface area contributed by atoms with Crippen LogP contribution < -0.4 is 10.1 Å². The molecule has 3 N–H and O–H groups in total. The van der Waals surface area contributed by atoms with Crippen LogP contribution in [0.25, 0.3) is 0 Å². The van der Waals surface area contributed by atoms with Crippen LogP contribution >= 0.6 is 0 Å². The van der Waals surface area contributed by atoms with Gasteiger partial charge in [0, 0.05) is 12.1 Å². The first-order valence-corrected chi connectivity index (χ1v) is 6.93. The van der Waals surface area contributed by atoms with Gasteiger partial charge in [0.1, 0.15) is 17.2 Å². The summed E-state index contributed by atoms with van der Waals surface area (Å²) in [7, 11) is 1.64. The number of hydrogen-bond donors (Lipinski definition) is 3. The molecule has 0 amide bonds. The van der Waals surface area contributed by atoms with E-state index in [1.54, 1.807) is 25.3 Å². The molecule has 2 rings (SSSR count). The minimum Gasteiger partial charge on any atom is -0.507 e. The van der Waals surface area contributed by atoms with Crippen molar-refractivity contribution in [1.82, 2.24) is 5.32 Å². The first kappa shape index (κ1) is 15.2. The molecule has 112 valence electrons. The molecule has 4 nitrogen and oxygen atoms in total. The normalized spacial score (nSPS) is 13.7. The summed E-state index contributed by atoms with van der Waals surface area (Å²) in [6, 6.07) is 12.4. The van der Waals surface area contributed by atoms with Crippen LogP contribution in [0.1, 0.15) is 37.1 Å². The third-order valence-corrected chi connectivity index (χ3v) is 3.59. The number of methoxy groups -OCH3 is 1. The molecule has 0 fully saturated rings. The predicted molar refractivity (Wildman–Crippen MR) is 82.7 cm³/mol. The highest BCUT2D eigenvalue weighted by molar-refractivity contribution is 5.45. The maximum Gasteiger partial charge on any atom is 0.124 e. The van der Waals surface area contributed by atoms with Crippen LogP contribution in [0.2, 0.25) is 0 Å². The van der Waals surface area contributed by atoms with Gasteiger partial charge in [-0.3, -0.25) is 0 Å². The number of nitrogens with one attached hydrogen (secondary N) is 1. The molecular weight excluding hydrogens is 266 g/mol. The fourth-order valence-corrected chi connectivity index (χ4v) is 2.45. The lowest BCUT2D eigenvalue weighted by molar-refractivity contribution is 0.403. The summed E-state index contributed by atoms with van der Waals surface area (Å²) in [5.74, 6) is 0.986. The van der Waals surface area contributed by atoms with Gasteiger partial charge in [-0.2, -0.15) is 0 Å². The number of benzene rings is 2. The maximum absolute atomic E-state index is 9.91.